The number of phenols is 1. The van der Waals surface area contributed by atoms with Crippen LogP contribution in [0.5, 0.6) is 11.5 Å². The van der Waals surface area contributed by atoms with Gasteiger partial charge in [-0.1, -0.05) is 0 Å². The van der Waals surface area contributed by atoms with Crippen molar-refractivity contribution < 1.29 is 14.6 Å². The van der Waals surface area contributed by atoms with Crippen molar-refractivity contribution in [3.8, 4) is 11.5 Å². The minimum Gasteiger partial charge on any atom is -0.508 e. The number of benzene rings is 2. The molecule has 0 atom stereocenters. The fourth-order valence-electron chi connectivity index (χ4n) is 1.97. The van der Waals surface area contributed by atoms with E-state index in [1.165, 1.54) is 0 Å². The second kappa shape index (κ2) is 8.57. The zero-order chi connectivity index (χ0) is 17.4. The molecule has 6 nitrogen and oxygen atoms in total. The van der Waals surface area contributed by atoms with Crippen LogP contribution in [0.1, 0.15) is 19.4 Å². The van der Waals surface area contributed by atoms with Crippen molar-refractivity contribution in [3.63, 3.8) is 0 Å². The van der Waals surface area contributed by atoms with Crippen LogP contribution in [-0.4, -0.2) is 29.9 Å². The topological polar surface area (TPSA) is 83.0 Å². The maximum atomic E-state index is 11.8. The van der Waals surface area contributed by atoms with Crippen LogP contribution < -0.4 is 15.5 Å². The van der Waals surface area contributed by atoms with Gasteiger partial charge in [0, 0.05) is 5.69 Å². The second-order valence-corrected chi connectivity index (χ2v) is 5.09. The Labute approximate surface area is 141 Å². The smallest absolute Gasteiger partial charge is 0.259 e. The number of nitrogens with one attached hydrogen (secondary N) is 2. The average molecular weight is 327 g/mol. The Morgan fingerprint density at radius 3 is 2.42 bits per heavy atom. The molecule has 1 amide bonds. The number of anilines is 1. The van der Waals surface area contributed by atoms with Crippen molar-refractivity contribution in [1.29, 1.82) is 0 Å². The number of rotatable bonds is 7. The molecule has 2 aromatic rings. The normalized spacial score (nSPS) is 11.0. The van der Waals surface area contributed by atoms with E-state index in [9.17, 15) is 9.90 Å². The van der Waals surface area contributed by atoms with Gasteiger partial charge in [0.05, 0.1) is 18.9 Å². The number of phenolic OH excluding ortho intramolecular Hbond substituents is 1. The van der Waals surface area contributed by atoms with Gasteiger partial charge >= 0.3 is 0 Å². The summed E-state index contributed by atoms with van der Waals surface area (Å²) in [6.45, 7) is 4.44. The van der Waals surface area contributed by atoms with Gasteiger partial charge in [0.25, 0.3) is 5.91 Å². The van der Waals surface area contributed by atoms with Crippen LogP contribution in [0.4, 0.5) is 5.69 Å². The van der Waals surface area contributed by atoms with Crippen molar-refractivity contribution in [2.24, 2.45) is 5.10 Å². The van der Waals surface area contributed by atoms with Crippen molar-refractivity contribution in [3.05, 3.63) is 54.1 Å². The lowest BCUT2D eigenvalue weighted by atomic mass is 10.1. The Balaban J connectivity index is 1.82. The summed E-state index contributed by atoms with van der Waals surface area (Å²) in [6.07, 6.45) is 0. The maximum absolute atomic E-state index is 11.8. The van der Waals surface area contributed by atoms with Gasteiger partial charge in [-0.15, -0.1) is 0 Å². The van der Waals surface area contributed by atoms with Crippen LogP contribution in [0.3, 0.4) is 0 Å². The maximum Gasteiger partial charge on any atom is 0.259 e. The van der Waals surface area contributed by atoms with Crippen LogP contribution in [0.25, 0.3) is 0 Å². The van der Waals surface area contributed by atoms with Crippen LogP contribution in [-0.2, 0) is 4.79 Å². The van der Waals surface area contributed by atoms with E-state index in [2.05, 4.69) is 15.8 Å². The highest BCUT2D eigenvalue weighted by atomic mass is 16.5. The van der Waals surface area contributed by atoms with Crippen molar-refractivity contribution in [2.45, 2.75) is 13.8 Å². The Bertz CT molecular complexity index is 694. The first-order chi connectivity index (χ1) is 11.6. The molecule has 6 heteroatoms. The van der Waals surface area contributed by atoms with Gasteiger partial charge in [0.1, 0.15) is 11.5 Å². The van der Waals surface area contributed by atoms with Crippen molar-refractivity contribution in [1.82, 2.24) is 5.43 Å². The number of amides is 1. The zero-order valence-electron chi connectivity index (χ0n) is 13.7. The average Bonchev–Trinajstić information content (AvgIpc) is 2.60. The molecule has 0 spiro atoms. The third kappa shape index (κ3) is 5.31. The number of carbonyl (C=O) groups excluding carboxylic acids is 1. The molecule has 0 heterocycles. The Hall–Kier alpha value is -3.02. The molecule has 126 valence electrons. The van der Waals surface area contributed by atoms with Gasteiger partial charge in [-0.05, 0) is 67.9 Å². The number of hydrazone groups is 1. The molecule has 0 saturated carbocycles. The van der Waals surface area contributed by atoms with Gasteiger partial charge < -0.3 is 15.2 Å². The summed E-state index contributed by atoms with van der Waals surface area (Å²) in [6, 6.07) is 14.0. The monoisotopic (exact) mass is 327 g/mol. The molecule has 0 aliphatic carbocycles. The van der Waals surface area contributed by atoms with E-state index in [0.29, 0.717) is 12.3 Å². The lowest BCUT2D eigenvalue weighted by molar-refractivity contribution is -0.119. The van der Waals surface area contributed by atoms with Crippen molar-refractivity contribution >= 4 is 17.3 Å². The van der Waals surface area contributed by atoms with Gasteiger partial charge in [-0.3, -0.25) is 4.79 Å². The van der Waals surface area contributed by atoms with Crippen LogP contribution in [0.15, 0.2) is 53.6 Å². The summed E-state index contributed by atoms with van der Waals surface area (Å²) in [7, 11) is 0. The van der Waals surface area contributed by atoms with E-state index < -0.39 is 0 Å². The quantitative estimate of drug-likeness (QED) is 0.539. The minimum atomic E-state index is -0.248. The number of carbonyl (C=O) groups is 1. The molecule has 2 aromatic carbocycles. The van der Waals surface area contributed by atoms with E-state index in [-0.39, 0.29) is 18.2 Å². The Morgan fingerprint density at radius 1 is 1.12 bits per heavy atom. The molecule has 24 heavy (non-hydrogen) atoms. The number of hydrogen-bond donors (Lipinski definition) is 3. The van der Waals surface area contributed by atoms with Crippen LogP contribution in [0.2, 0.25) is 0 Å². The molecule has 3 N–H and O–H groups in total. The van der Waals surface area contributed by atoms with Gasteiger partial charge in [0.2, 0.25) is 0 Å². The van der Waals surface area contributed by atoms with E-state index in [1.54, 1.807) is 31.2 Å². The first-order valence-corrected chi connectivity index (χ1v) is 7.67. The molecule has 2 rings (SSSR count). The molecule has 0 bridgehead atoms. The lowest BCUT2D eigenvalue weighted by Crippen LogP contribution is -2.26. The summed E-state index contributed by atoms with van der Waals surface area (Å²) in [4.78, 5) is 11.8. The summed E-state index contributed by atoms with van der Waals surface area (Å²) in [5.41, 5.74) is 4.81. The lowest BCUT2D eigenvalue weighted by Gasteiger charge is -2.07. The van der Waals surface area contributed by atoms with Gasteiger partial charge in [-0.25, -0.2) is 5.43 Å². The first-order valence-electron chi connectivity index (χ1n) is 7.67. The number of ether oxygens (including phenoxy) is 1. The largest absolute Gasteiger partial charge is 0.508 e. The van der Waals surface area contributed by atoms with Gasteiger partial charge in [0.15, 0.2) is 0 Å². The third-order valence-electron chi connectivity index (χ3n) is 3.25. The molecule has 0 fully saturated rings. The predicted octanol–water partition coefficient (Wildman–Crippen LogP) is 2.74. The Morgan fingerprint density at radius 2 is 1.79 bits per heavy atom. The third-order valence-corrected chi connectivity index (χ3v) is 3.25. The molecular formula is C18H21N3O3. The molecule has 0 aromatic heterocycles. The summed E-state index contributed by atoms with van der Waals surface area (Å²) >= 11 is 0. The van der Waals surface area contributed by atoms with Gasteiger partial charge in [-0.2, -0.15) is 5.10 Å². The molecule has 0 radical (unpaired) electrons. The second-order valence-electron chi connectivity index (χ2n) is 5.09. The highest BCUT2D eigenvalue weighted by molar-refractivity contribution is 5.99. The molecular weight excluding hydrogens is 306 g/mol. The molecule has 0 saturated heterocycles. The molecule has 0 unspecified atom stereocenters. The summed E-state index contributed by atoms with van der Waals surface area (Å²) in [5.74, 6) is 0.735. The van der Waals surface area contributed by atoms with Crippen LogP contribution >= 0.6 is 0 Å². The summed E-state index contributed by atoms with van der Waals surface area (Å²) < 4.78 is 5.36. The van der Waals surface area contributed by atoms with Crippen molar-refractivity contribution in [2.75, 3.05) is 18.5 Å². The molecule has 0 aliphatic heterocycles. The SMILES string of the molecule is CCOc1ccc(NCC(=O)NN=C(C)c2ccc(O)cc2)cc1. The fourth-order valence-corrected chi connectivity index (χ4v) is 1.97. The zero-order valence-corrected chi connectivity index (χ0v) is 13.7. The number of aromatic hydroxyl groups is 1. The minimum absolute atomic E-state index is 0.111. The predicted molar refractivity (Wildman–Crippen MR) is 94.6 cm³/mol. The van der Waals surface area contributed by atoms with E-state index in [0.717, 1.165) is 17.0 Å². The Kier molecular flexibility index (Phi) is 6.19. The highest BCUT2D eigenvalue weighted by Crippen LogP contribution is 2.15. The number of hydrogen-bond acceptors (Lipinski definition) is 5. The van der Waals surface area contributed by atoms with Crippen LogP contribution in [0, 0.1) is 0 Å². The summed E-state index contributed by atoms with van der Waals surface area (Å²) in [5, 5.41) is 16.3. The first kappa shape index (κ1) is 17.3. The highest BCUT2D eigenvalue weighted by Gasteiger charge is 2.02. The van der Waals surface area contributed by atoms with E-state index in [4.69, 9.17) is 4.74 Å². The number of nitrogens with zero attached hydrogens (tertiary/aromatic N) is 1. The van der Waals surface area contributed by atoms with E-state index in [1.807, 2.05) is 31.2 Å². The standard InChI is InChI=1S/C18H21N3O3/c1-3-24-17-10-6-15(7-11-17)19-12-18(23)21-20-13(2)14-4-8-16(22)9-5-14/h4-11,19,22H,3,12H2,1-2H3,(H,21,23). The van der Waals surface area contributed by atoms with E-state index >= 15 is 0 Å². The molecule has 0 aliphatic rings. The fraction of sp³-hybridized carbons (Fsp3) is 0.222.